The molecule has 2 nitrogen and oxygen atoms in total. The second kappa shape index (κ2) is 4.32. The lowest BCUT2D eigenvalue weighted by Crippen LogP contribution is -2.50. The van der Waals surface area contributed by atoms with E-state index in [0.29, 0.717) is 23.5 Å². The zero-order valence-corrected chi connectivity index (χ0v) is 13.1. The highest BCUT2D eigenvalue weighted by Crippen LogP contribution is 2.62. The van der Waals surface area contributed by atoms with Crippen LogP contribution < -0.4 is 0 Å². The topological polar surface area (TPSA) is 37.3 Å². The molecule has 0 spiro atoms. The minimum atomic E-state index is -0.136. The third kappa shape index (κ3) is 1.72. The van der Waals surface area contributed by atoms with Gasteiger partial charge in [0.15, 0.2) is 5.78 Å². The highest BCUT2D eigenvalue weighted by atomic mass is 16.3. The van der Waals surface area contributed by atoms with E-state index in [4.69, 9.17) is 0 Å². The van der Waals surface area contributed by atoms with Gasteiger partial charge in [-0.2, -0.15) is 0 Å². The van der Waals surface area contributed by atoms with Crippen molar-refractivity contribution in [2.75, 3.05) is 0 Å². The van der Waals surface area contributed by atoms with Crippen LogP contribution in [-0.2, 0) is 4.79 Å². The fraction of sp³-hybridized carbons (Fsp3) is 0.737. The van der Waals surface area contributed by atoms with Gasteiger partial charge in [0, 0.05) is 5.41 Å². The van der Waals surface area contributed by atoms with E-state index in [2.05, 4.69) is 26.0 Å². The van der Waals surface area contributed by atoms with Crippen LogP contribution in [0, 0.1) is 28.6 Å². The number of aliphatic hydroxyl groups is 1. The van der Waals surface area contributed by atoms with E-state index in [1.807, 2.05) is 6.08 Å². The van der Waals surface area contributed by atoms with E-state index >= 15 is 0 Å². The summed E-state index contributed by atoms with van der Waals surface area (Å²) in [6, 6.07) is 0. The van der Waals surface area contributed by atoms with Crippen molar-refractivity contribution in [2.24, 2.45) is 28.6 Å². The van der Waals surface area contributed by atoms with Gasteiger partial charge in [0.2, 0.25) is 0 Å². The van der Waals surface area contributed by atoms with Gasteiger partial charge >= 0.3 is 0 Å². The fourth-order valence-corrected chi connectivity index (χ4v) is 5.92. The average molecular weight is 286 g/mol. The molecule has 0 bridgehead atoms. The molecule has 2 heteroatoms. The maximum Gasteiger partial charge on any atom is 0.161 e. The first kappa shape index (κ1) is 13.8. The van der Waals surface area contributed by atoms with Gasteiger partial charge in [-0.1, -0.05) is 31.6 Å². The minimum Gasteiger partial charge on any atom is -0.393 e. The first-order valence-corrected chi connectivity index (χ1v) is 8.55. The first-order chi connectivity index (χ1) is 9.95. The van der Waals surface area contributed by atoms with Crippen LogP contribution in [0.3, 0.4) is 0 Å². The third-order valence-corrected chi connectivity index (χ3v) is 7.35. The smallest absolute Gasteiger partial charge is 0.161 e. The molecule has 0 unspecified atom stereocenters. The van der Waals surface area contributed by atoms with Crippen molar-refractivity contribution in [3.05, 3.63) is 23.8 Å². The minimum absolute atomic E-state index is 0.128. The molecule has 0 aliphatic heterocycles. The molecule has 21 heavy (non-hydrogen) atoms. The largest absolute Gasteiger partial charge is 0.393 e. The molecule has 4 rings (SSSR count). The molecule has 4 aliphatic rings. The van der Waals surface area contributed by atoms with Crippen LogP contribution in [-0.4, -0.2) is 17.0 Å². The molecular weight excluding hydrogens is 260 g/mol. The van der Waals surface area contributed by atoms with Crippen molar-refractivity contribution in [3.63, 3.8) is 0 Å². The number of hydrogen-bond acceptors (Lipinski definition) is 2. The molecule has 4 aliphatic carbocycles. The predicted octanol–water partition coefficient (Wildman–Crippen LogP) is 3.66. The molecule has 0 amide bonds. The normalized spacial score (nSPS) is 52.0. The highest BCUT2D eigenvalue weighted by Gasteiger charge is 2.57. The first-order valence-electron chi connectivity index (χ1n) is 8.55. The molecule has 2 fully saturated rings. The van der Waals surface area contributed by atoms with E-state index in [0.717, 1.165) is 32.1 Å². The summed E-state index contributed by atoms with van der Waals surface area (Å²) in [6.07, 6.45) is 12.6. The molecule has 0 radical (unpaired) electrons. The third-order valence-electron chi connectivity index (χ3n) is 7.35. The average Bonchev–Trinajstić information content (AvgIpc) is 2.76. The summed E-state index contributed by atoms with van der Waals surface area (Å²) in [5, 5.41) is 9.99. The van der Waals surface area contributed by atoms with Gasteiger partial charge in [-0.3, -0.25) is 4.79 Å². The Morgan fingerprint density at radius 1 is 1.19 bits per heavy atom. The molecule has 0 aromatic carbocycles. The van der Waals surface area contributed by atoms with Gasteiger partial charge in [0.25, 0.3) is 0 Å². The Kier molecular flexibility index (Phi) is 2.83. The van der Waals surface area contributed by atoms with Gasteiger partial charge in [-0.05, 0) is 67.8 Å². The van der Waals surface area contributed by atoms with Crippen molar-refractivity contribution < 1.29 is 9.90 Å². The lowest BCUT2D eigenvalue weighted by molar-refractivity contribution is -0.129. The Hall–Kier alpha value is -0.890. The molecule has 0 aromatic rings. The fourth-order valence-electron chi connectivity index (χ4n) is 5.92. The Morgan fingerprint density at radius 2 is 1.95 bits per heavy atom. The molecule has 114 valence electrons. The van der Waals surface area contributed by atoms with Gasteiger partial charge in [0.05, 0.1) is 6.10 Å². The van der Waals surface area contributed by atoms with Crippen LogP contribution >= 0.6 is 0 Å². The summed E-state index contributed by atoms with van der Waals surface area (Å²) in [5.41, 5.74) is 1.64. The number of hydrogen-bond donors (Lipinski definition) is 1. The summed E-state index contributed by atoms with van der Waals surface area (Å²) >= 11 is 0. The summed E-state index contributed by atoms with van der Waals surface area (Å²) in [5.74, 6) is 2.10. The monoisotopic (exact) mass is 286 g/mol. The summed E-state index contributed by atoms with van der Waals surface area (Å²) in [6.45, 7) is 4.60. The van der Waals surface area contributed by atoms with Gasteiger partial charge < -0.3 is 5.11 Å². The standard InChI is InChI=1S/C19H26O2/c1-18-9-7-13(20)11-12(18)3-4-14-15-5-6-17(21)19(15,2)10-8-16(14)18/h3,5-6,13-16,20H,4,7-11H2,1-2H3/t13-,14+,15+,16+,18-,19+/m0/s1. The zero-order chi connectivity index (χ0) is 14.8. The molecular formula is C19H26O2. The van der Waals surface area contributed by atoms with Crippen LogP contribution in [0.2, 0.25) is 0 Å². The van der Waals surface area contributed by atoms with E-state index in [1.54, 1.807) is 0 Å². The molecule has 0 saturated heterocycles. The van der Waals surface area contributed by atoms with Crippen molar-refractivity contribution in [1.82, 2.24) is 0 Å². The number of carbonyl (C=O) groups is 1. The molecule has 2 saturated carbocycles. The maximum absolute atomic E-state index is 12.3. The lowest BCUT2D eigenvalue weighted by Gasteiger charge is -2.56. The number of ketones is 1. The highest BCUT2D eigenvalue weighted by molar-refractivity contribution is 5.97. The van der Waals surface area contributed by atoms with Crippen LogP contribution in [0.4, 0.5) is 0 Å². The Morgan fingerprint density at radius 3 is 2.76 bits per heavy atom. The number of rotatable bonds is 0. The van der Waals surface area contributed by atoms with E-state index in [-0.39, 0.29) is 16.9 Å². The van der Waals surface area contributed by atoms with Gasteiger partial charge in [0.1, 0.15) is 0 Å². The Balaban J connectivity index is 1.71. The zero-order valence-electron chi connectivity index (χ0n) is 13.1. The Bertz CT molecular complexity index is 546. The SMILES string of the molecule is C[C@@]12CC[C@@H]3[C@H](CC=C4C[C@@H](O)CC[C@@]43C)[C@H]1C=CC2=O. The number of aliphatic hydroxyl groups excluding tert-OH is 1. The number of carbonyl (C=O) groups excluding carboxylic acids is 1. The molecule has 6 atom stereocenters. The maximum atomic E-state index is 12.3. The number of allylic oxidation sites excluding steroid dienone is 3. The van der Waals surface area contributed by atoms with Crippen molar-refractivity contribution >= 4 is 5.78 Å². The van der Waals surface area contributed by atoms with E-state index in [9.17, 15) is 9.90 Å². The second-order valence-corrected chi connectivity index (χ2v) is 8.25. The Labute approximate surface area is 127 Å². The van der Waals surface area contributed by atoms with Crippen LogP contribution in [0.5, 0.6) is 0 Å². The predicted molar refractivity (Wildman–Crippen MR) is 82.6 cm³/mol. The summed E-state index contributed by atoms with van der Waals surface area (Å²) in [4.78, 5) is 12.3. The molecule has 0 aromatic heterocycles. The van der Waals surface area contributed by atoms with Gasteiger partial charge in [-0.25, -0.2) is 0 Å². The summed E-state index contributed by atoms with van der Waals surface area (Å²) < 4.78 is 0. The van der Waals surface area contributed by atoms with E-state index in [1.165, 1.54) is 12.0 Å². The summed E-state index contributed by atoms with van der Waals surface area (Å²) in [7, 11) is 0. The van der Waals surface area contributed by atoms with Crippen molar-refractivity contribution in [2.45, 2.75) is 58.5 Å². The van der Waals surface area contributed by atoms with Crippen LogP contribution in [0.25, 0.3) is 0 Å². The number of fused-ring (bicyclic) bond motifs is 5. The van der Waals surface area contributed by atoms with Crippen LogP contribution in [0.15, 0.2) is 23.8 Å². The van der Waals surface area contributed by atoms with Crippen molar-refractivity contribution in [1.29, 1.82) is 0 Å². The quantitative estimate of drug-likeness (QED) is 0.690. The lowest BCUT2D eigenvalue weighted by atomic mass is 9.48. The molecule has 0 heterocycles. The second-order valence-electron chi connectivity index (χ2n) is 8.25. The van der Waals surface area contributed by atoms with E-state index < -0.39 is 0 Å². The molecule has 1 N–H and O–H groups in total. The van der Waals surface area contributed by atoms with Crippen molar-refractivity contribution in [3.8, 4) is 0 Å². The van der Waals surface area contributed by atoms with Crippen LogP contribution in [0.1, 0.15) is 52.4 Å². The van der Waals surface area contributed by atoms with Gasteiger partial charge in [-0.15, -0.1) is 0 Å².